The zero-order valence-corrected chi connectivity index (χ0v) is 11.1. The summed E-state index contributed by atoms with van der Waals surface area (Å²) < 4.78 is 1.41. The van der Waals surface area contributed by atoms with Gasteiger partial charge in [-0.15, -0.1) is 11.3 Å². The molecule has 1 aromatic carbocycles. The highest BCUT2D eigenvalue weighted by Gasteiger charge is 2.56. The van der Waals surface area contributed by atoms with Crippen LogP contribution in [0.4, 0.5) is 0 Å². The first-order valence-corrected chi connectivity index (χ1v) is 7.70. The molecule has 94 valence electrons. The van der Waals surface area contributed by atoms with Crippen molar-refractivity contribution in [1.82, 2.24) is 5.43 Å². The van der Waals surface area contributed by atoms with Gasteiger partial charge in [0.1, 0.15) is 0 Å². The van der Waals surface area contributed by atoms with Gasteiger partial charge in [0.15, 0.2) is 0 Å². The van der Waals surface area contributed by atoms with Gasteiger partial charge in [0.05, 0.1) is 6.04 Å². The molecule has 3 atom stereocenters. The van der Waals surface area contributed by atoms with Crippen molar-refractivity contribution in [3.8, 4) is 0 Å². The highest BCUT2D eigenvalue weighted by atomic mass is 32.1. The minimum absolute atomic E-state index is 0.350. The van der Waals surface area contributed by atoms with E-state index in [-0.39, 0.29) is 0 Å². The number of nitrogens with two attached hydrogens (primary N) is 1. The van der Waals surface area contributed by atoms with Crippen LogP contribution in [0.3, 0.4) is 0 Å². The Morgan fingerprint density at radius 3 is 2.83 bits per heavy atom. The lowest BCUT2D eigenvalue weighted by molar-refractivity contribution is 0.428. The molecule has 3 heteroatoms. The van der Waals surface area contributed by atoms with Crippen molar-refractivity contribution in [2.45, 2.75) is 25.3 Å². The molecule has 1 aromatic heterocycles. The smallest absolute Gasteiger partial charge is 0.0507 e. The van der Waals surface area contributed by atoms with Crippen LogP contribution in [0.15, 0.2) is 29.6 Å². The van der Waals surface area contributed by atoms with Gasteiger partial charge >= 0.3 is 0 Å². The molecule has 2 nitrogen and oxygen atoms in total. The lowest BCUT2D eigenvalue weighted by Gasteiger charge is -2.19. The van der Waals surface area contributed by atoms with E-state index in [0.717, 1.165) is 17.8 Å². The first kappa shape index (κ1) is 11.0. The van der Waals surface area contributed by atoms with Crippen LogP contribution in [0.25, 0.3) is 10.1 Å². The normalized spacial score (nSPS) is 31.5. The van der Waals surface area contributed by atoms with E-state index >= 15 is 0 Å². The second-order valence-corrected chi connectivity index (χ2v) is 6.58. The van der Waals surface area contributed by atoms with Crippen LogP contribution >= 0.6 is 11.3 Å². The molecule has 3 unspecified atom stereocenters. The Morgan fingerprint density at radius 2 is 2.06 bits per heavy atom. The molecule has 2 aliphatic rings. The Morgan fingerprint density at radius 1 is 1.22 bits per heavy atom. The van der Waals surface area contributed by atoms with Gasteiger partial charge in [-0.25, -0.2) is 0 Å². The minimum atomic E-state index is 0.350. The second kappa shape index (κ2) is 4.05. The third-order valence-corrected chi connectivity index (χ3v) is 5.86. The number of benzene rings is 1. The Labute approximate surface area is 111 Å². The maximum absolute atomic E-state index is 5.86. The van der Waals surface area contributed by atoms with Crippen LogP contribution < -0.4 is 11.3 Å². The van der Waals surface area contributed by atoms with Crippen molar-refractivity contribution in [3.63, 3.8) is 0 Å². The monoisotopic (exact) mass is 258 g/mol. The average molecular weight is 258 g/mol. The summed E-state index contributed by atoms with van der Waals surface area (Å²) in [5, 5.41) is 3.53. The molecule has 0 bridgehead atoms. The Kier molecular flexibility index (Phi) is 2.47. The van der Waals surface area contributed by atoms with E-state index in [1.165, 1.54) is 34.9 Å². The van der Waals surface area contributed by atoms with Gasteiger partial charge < -0.3 is 0 Å². The predicted octanol–water partition coefficient (Wildman–Crippen LogP) is 3.45. The summed E-state index contributed by atoms with van der Waals surface area (Å²) in [6, 6.07) is 9.15. The number of fused-ring (bicyclic) bond motifs is 2. The standard InChI is InChI=1S/C15H18N2S/c16-17-14(13-10-4-2-5-11(10)13)12-6-1-3-9-7-8-18-15(9)12/h1,3,6-8,10-11,13-14,17H,2,4-5,16H2. The largest absolute Gasteiger partial charge is 0.271 e. The van der Waals surface area contributed by atoms with Crippen LogP contribution in [-0.4, -0.2) is 0 Å². The van der Waals surface area contributed by atoms with Gasteiger partial charge in [0, 0.05) is 4.70 Å². The third kappa shape index (κ3) is 1.48. The predicted molar refractivity (Wildman–Crippen MR) is 76.2 cm³/mol. The number of thiophene rings is 1. The van der Waals surface area contributed by atoms with Crippen molar-refractivity contribution in [2.24, 2.45) is 23.6 Å². The maximum Gasteiger partial charge on any atom is 0.0507 e. The first-order valence-electron chi connectivity index (χ1n) is 6.82. The van der Waals surface area contributed by atoms with Crippen molar-refractivity contribution in [2.75, 3.05) is 0 Å². The topological polar surface area (TPSA) is 38.0 Å². The van der Waals surface area contributed by atoms with Crippen molar-refractivity contribution in [3.05, 3.63) is 35.2 Å². The Hall–Kier alpha value is -0.900. The fraction of sp³-hybridized carbons (Fsp3) is 0.467. The van der Waals surface area contributed by atoms with Crippen LogP contribution in [0, 0.1) is 17.8 Å². The summed E-state index contributed by atoms with van der Waals surface area (Å²) >= 11 is 1.84. The van der Waals surface area contributed by atoms with Gasteiger partial charge in [0.25, 0.3) is 0 Å². The molecule has 2 aromatic rings. The molecule has 2 fully saturated rings. The summed E-state index contributed by atoms with van der Waals surface area (Å²) in [5.41, 5.74) is 4.50. The lowest BCUT2D eigenvalue weighted by atomic mass is 9.96. The number of hydrazine groups is 1. The SMILES string of the molecule is NNC(c1cccc2ccsc12)C1C2CCCC21. The molecule has 0 radical (unpaired) electrons. The molecule has 18 heavy (non-hydrogen) atoms. The lowest BCUT2D eigenvalue weighted by Crippen LogP contribution is -2.30. The number of nitrogens with one attached hydrogen (secondary N) is 1. The van der Waals surface area contributed by atoms with E-state index in [1.54, 1.807) is 0 Å². The van der Waals surface area contributed by atoms with Crippen molar-refractivity contribution < 1.29 is 0 Å². The zero-order valence-electron chi connectivity index (χ0n) is 10.3. The van der Waals surface area contributed by atoms with Gasteiger partial charge in [-0.05, 0) is 53.0 Å². The first-order chi connectivity index (χ1) is 8.90. The van der Waals surface area contributed by atoms with Gasteiger partial charge in [-0.2, -0.15) is 0 Å². The summed E-state index contributed by atoms with van der Waals surface area (Å²) in [7, 11) is 0. The van der Waals surface area contributed by atoms with Crippen molar-refractivity contribution >= 4 is 21.4 Å². The summed E-state index contributed by atoms with van der Waals surface area (Å²) in [6.07, 6.45) is 4.24. The van der Waals surface area contributed by atoms with Crippen LogP contribution in [0.2, 0.25) is 0 Å². The Balaban J connectivity index is 1.74. The van der Waals surface area contributed by atoms with Crippen LogP contribution in [-0.2, 0) is 0 Å². The van der Waals surface area contributed by atoms with E-state index in [2.05, 4.69) is 35.1 Å². The molecule has 0 spiro atoms. The van der Waals surface area contributed by atoms with Crippen LogP contribution in [0.5, 0.6) is 0 Å². The Bertz CT molecular complexity index is 567. The summed E-state index contributed by atoms with van der Waals surface area (Å²) in [5.74, 6) is 8.50. The number of hydrogen-bond donors (Lipinski definition) is 2. The number of rotatable bonds is 3. The third-order valence-electron chi connectivity index (χ3n) is 4.88. The zero-order chi connectivity index (χ0) is 12.1. The molecule has 3 N–H and O–H groups in total. The van der Waals surface area contributed by atoms with E-state index in [4.69, 9.17) is 5.84 Å². The molecule has 2 saturated carbocycles. The molecule has 2 aliphatic carbocycles. The van der Waals surface area contributed by atoms with E-state index in [9.17, 15) is 0 Å². The average Bonchev–Trinajstić information content (AvgIpc) is 2.84. The van der Waals surface area contributed by atoms with Gasteiger partial charge in [-0.3, -0.25) is 11.3 Å². The minimum Gasteiger partial charge on any atom is -0.271 e. The summed E-state index contributed by atoms with van der Waals surface area (Å²) in [4.78, 5) is 0. The van der Waals surface area contributed by atoms with Gasteiger partial charge in [0.2, 0.25) is 0 Å². The molecule has 0 amide bonds. The van der Waals surface area contributed by atoms with E-state index < -0.39 is 0 Å². The molecular formula is C15H18N2S. The maximum atomic E-state index is 5.86. The molecule has 1 heterocycles. The highest BCUT2D eigenvalue weighted by Crippen LogP contribution is 2.62. The second-order valence-electron chi connectivity index (χ2n) is 5.67. The molecule has 4 rings (SSSR count). The molecule has 0 saturated heterocycles. The quantitative estimate of drug-likeness (QED) is 0.653. The van der Waals surface area contributed by atoms with E-state index in [0.29, 0.717) is 6.04 Å². The van der Waals surface area contributed by atoms with E-state index in [1.807, 2.05) is 11.3 Å². The van der Waals surface area contributed by atoms with Crippen molar-refractivity contribution in [1.29, 1.82) is 0 Å². The molecule has 0 aliphatic heterocycles. The molecular weight excluding hydrogens is 240 g/mol. The van der Waals surface area contributed by atoms with Crippen LogP contribution in [0.1, 0.15) is 30.9 Å². The number of hydrogen-bond acceptors (Lipinski definition) is 3. The summed E-state index contributed by atoms with van der Waals surface area (Å²) in [6.45, 7) is 0. The fourth-order valence-corrected chi connectivity index (χ4v) is 4.99. The fourth-order valence-electron chi connectivity index (χ4n) is 4.04. The highest BCUT2D eigenvalue weighted by molar-refractivity contribution is 7.17. The van der Waals surface area contributed by atoms with Gasteiger partial charge in [-0.1, -0.05) is 24.6 Å².